The quantitative estimate of drug-likeness (QED) is 0.848. The summed E-state index contributed by atoms with van der Waals surface area (Å²) in [5, 5.41) is -0.0782. The minimum atomic E-state index is -0.257. The first kappa shape index (κ1) is 14.1. The second-order valence-corrected chi connectivity index (χ2v) is 6.07. The van der Waals surface area contributed by atoms with E-state index in [9.17, 15) is 9.18 Å². The van der Waals surface area contributed by atoms with Crippen LogP contribution in [0.15, 0.2) is 48.5 Å². The Balaban J connectivity index is 1.93. The maximum Gasteiger partial charge on any atom is 0.238 e. The van der Waals surface area contributed by atoms with Crippen LogP contribution in [-0.2, 0) is 11.2 Å². The molecular formula is C17H16FNOS. The number of aryl methyl sites for hydroxylation is 1. The van der Waals surface area contributed by atoms with Gasteiger partial charge in [0.15, 0.2) is 0 Å². The van der Waals surface area contributed by atoms with Crippen LogP contribution in [0.4, 0.5) is 10.1 Å². The van der Waals surface area contributed by atoms with Gasteiger partial charge in [-0.1, -0.05) is 31.2 Å². The van der Waals surface area contributed by atoms with E-state index in [2.05, 4.69) is 6.92 Å². The van der Waals surface area contributed by atoms with Gasteiger partial charge in [-0.05, 0) is 41.8 Å². The molecule has 1 saturated heterocycles. The first-order valence-corrected chi connectivity index (χ1v) is 8.02. The number of anilines is 1. The number of carbonyl (C=O) groups excluding carboxylic acids is 1. The number of benzene rings is 2. The minimum Gasteiger partial charge on any atom is -0.295 e. The largest absolute Gasteiger partial charge is 0.295 e. The Labute approximate surface area is 128 Å². The molecule has 0 bridgehead atoms. The maximum absolute atomic E-state index is 13.1. The molecule has 2 aromatic rings. The van der Waals surface area contributed by atoms with Crippen molar-refractivity contribution in [3.8, 4) is 0 Å². The molecule has 1 aliphatic rings. The summed E-state index contributed by atoms with van der Waals surface area (Å²) in [5.41, 5.74) is 3.10. The number of hydrogen-bond acceptors (Lipinski definition) is 2. The van der Waals surface area contributed by atoms with Crippen molar-refractivity contribution in [3.63, 3.8) is 0 Å². The highest BCUT2D eigenvalue weighted by Crippen LogP contribution is 2.41. The molecule has 1 aliphatic heterocycles. The van der Waals surface area contributed by atoms with Crippen LogP contribution in [0.1, 0.15) is 23.4 Å². The number of hydrogen-bond donors (Lipinski definition) is 0. The zero-order chi connectivity index (χ0) is 14.8. The minimum absolute atomic E-state index is 0.0782. The lowest BCUT2D eigenvalue weighted by Gasteiger charge is -2.24. The fourth-order valence-corrected chi connectivity index (χ4v) is 3.65. The van der Waals surface area contributed by atoms with Gasteiger partial charge in [-0.3, -0.25) is 9.69 Å². The second kappa shape index (κ2) is 5.90. The van der Waals surface area contributed by atoms with Gasteiger partial charge < -0.3 is 0 Å². The number of carbonyl (C=O) groups is 1. The number of amides is 1. The Morgan fingerprint density at radius 1 is 1.14 bits per heavy atom. The van der Waals surface area contributed by atoms with Crippen LogP contribution in [0.25, 0.3) is 0 Å². The van der Waals surface area contributed by atoms with Crippen LogP contribution in [0.5, 0.6) is 0 Å². The Morgan fingerprint density at radius 2 is 1.81 bits per heavy atom. The molecule has 2 aromatic carbocycles. The average molecular weight is 301 g/mol. The van der Waals surface area contributed by atoms with Gasteiger partial charge in [-0.15, -0.1) is 11.8 Å². The molecule has 1 heterocycles. The molecule has 0 spiro atoms. The van der Waals surface area contributed by atoms with E-state index in [1.54, 1.807) is 28.8 Å². The third-order valence-corrected chi connectivity index (χ3v) is 4.86. The van der Waals surface area contributed by atoms with E-state index in [4.69, 9.17) is 0 Å². The van der Waals surface area contributed by atoms with Crippen molar-refractivity contribution in [1.82, 2.24) is 0 Å². The number of halogens is 1. The topological polar surface area (TPSA) is 20.3 Å². The zero-order valence-corrected chi connectivity index (χ0v) is 12.6. The van der Waals surface area contributed by atoms with Gasteiger partial charge >= 0.3 is 0 Å². The van der Waals surface area contributed by atoms with Gasteiger partial charge in [-0.25, -0.2) is 4.39 Å². The maximum atomic E-state index is 13.1. The van der Waals surface area contributed by atoms with Crippen molar-refractivity contribution < 1.29 is 9.18 Å². The molecule has 108 valence electrons. The van der Waals surface area contributed by atoms with E-state index < -0.39 is 0 Å². The van der Waals surface area contributed by atoms with E-state index in [1.807, 2.05) is 24.3 Å². The number of rotatable bonds is 3. The Bertz CT molecular complexity index is 639. The lowest BCUT2D eigenvalue weighted by Crippen LogP contribution is -2.27. The van der Waals surface area contributed by atoms with Crippen molar-refractivity contribution in [3.05, 3.63) is 65.5 Å². The van der Waals surface area contributed by atoms with Crippen molar-refractivity contribution in [2.75, 3.05) is 10.7 Å². The van der Waals surface area contributed by atoms with Crippen LogP contribution in [0.2, 0.25) is 0 Å². The van der Waals surface area contributed by atoms with Gasteiger partial charge in [-0.2, -0.15) is 0 Å². The van der Waals surface area contributed by atoms with Gasteiger partial charge in [0.25, 0.3) is 0 Å². The summed E-state index contributed by atoms with van der Waals surface area (Å²) in [6.07, 6.45) is 0.977. The smallest absolute Gasteiger partial charge is 0.238 e. The summed E-state index contributed by atoms with van der Waals surface area (Å²) in [6, 6.07) is 14.4. The summed E-state index contributed by atoms with van der Waals surface area (Å²) in [4.78, 5) is 14.0. The predicted octanol–water partition coefficient (Wildman–Crippen LogP) is 4.17. The summed E-state index contributed by atoms with van der Waals surface area (Å²) in [6.45, 7) is 2.10. The Hall–Kier alpha value is -1.81. The molecule has 0 saturated carbocycles. The molecule has 0 radical (unpaired) electrons. The van der Waals surface area contributed by atoms with Gasteiger partial charge in [0.2, 0.25) is 5.91 Å². The molecule has 0 aliphatic carbocycles. The normalized spacial score (nSPS) is 18.3. The highest BCUT2D eigenvalue weighted by molar-refractivity contribution is 8.00. The fourth-order valence-electron chi connectivity index (χ4n) is 2.47. The molecular weight excluding hydrogens is 285 g/mol. The van der Waals surface area contributed by atoms with Crippen LogP contribution >= 0.6 is 11.8 Å². The highest BCUT2D eigenvalue weighted by atomic mass is 32.2. The van der Waals surface area contributed by atoms with Crippen LogP contribution in [-0.4, -0.2) is 11.7 Å². The summed E-state index contributed by atoms with van der Waals surface area (Å²) >= 11 is 1.58. The summed E-state index contributed by atoms with van der Waals surface area (Å²) in [5.74, 6) is 0.294. The van der Waals surface area contributed by atoms with E-state index in [1.165, 1.54) is 17.7 Å². The van der Waals surface area contributed by atoms with Crippen LogP contribution in [0, 0.1) is 5.82 Å². The standard InChI is InChI=1S/C17H16FNOS/c1-2-12-3-9-15(10-4-12)19-16(20)11-21-17(19)13-5-7-14(18)8-6-13/h3-10,17H,2,11H2,1H3/t17-/m0/s1. The molecule has 1 atom stereocenters. The lowest BCUT2D eigenvalue weighted by atomic mass is 10.1. The Morgan fingerprint density at radius 3 is 2.43 bits per heavy atom. The molecule has 0 N–H and O–H groups in total. The number of nitrogens with zero attached hydrogens (tertiary/aromatic N) is 1. The van der Waals surface area contributed by atoms with Crippen LogP contribution in [0.3, 0.4) is 0 Å². The van der Waals surface area contributed by atoms with Gasteiger partial charge in [0, 0.05) is 5.69 Å². The summed E-state index contributed by atoms with van der Waals surface area (Å²) < 4.78 is 13.1. The Kier molecular flexibility index (Phi) is 3.97. The van der Waals surface area contributed by atoms with Gasteiger partial charge in [0.1, 0.15) is 11.2 Å². The average Bonchev–Trinajstić information content (AvgIpc) is 2.90. The first-order chi connectivity index (χ1) is 10.2. The predicted molar refractivity (Wildman–Crippen MR) is 84.9 cm³/mol. The molecule has 4 heteroatoms. The molecule has 3 rings (SSSR count). The van der Waals surface area contributed by atoms with Crippen molar-refractivity contribution in [1.29, 1.82) is 0 Å². The first-order valence-electron chi connectivity index (χ1n) is 6.97. The van der Waals surface area contributed by atoms with Crippen LogP contribution < -0.4 is 4.90 Å². The van der Waals surface area contributed by atoms with E-state index in [0.29, 0.717) is 5.75 Å². The van der Waals surface area contributed by atoms with Crippen molar-refractivity contribution in [2.45, 2.75) is 18.7 Å². The van der Waals surface area contributed by atoms with E-state index >= 15 is 0 Å². The van der Waals surface area contributed by atoms with Gasteiger partial charge in [0.05, 0.1) is 5.75 Å². The molecule has 0 unspecified atom stereocenters. The van der Waals surface area contributed by atoms with E-state index in [-0.39, 0.29) is 17.1 Å². The van der Waals surface area contributed by atoms with E-state index in [0.717, 1.165) is 17.7 Å². The third-order valence-electron chi connectivity index (χ3n) is 3.65. The fraction of sp³-hybridized carbons (Fsp3) is 0.235. The molecule has 21 heavy (non-hydrogen) atoms. The molecule has 1 fully saturated rings. The molecule has 0 aromatic heterocycles. The highest BCUT2D eigenvalue weighted by Gasteiger charge is 2.33. The lowest BCUT2D eigenvalue weighted by molar-refractivity contribution is -0.115. The second-order valence-electron chi connectivity index (χ2n) is 5.00. The molecule has 1 amide bonds. The summed E-state index contributed by atoms with van der Waals surface area (Å²) in [7, 11) is 0. The molecule has 2 nitrogen and oxygen atoms in total. The van der Waals surface area contributed by atoms with Crippen molar-refractivity contribution in [2.24, 2.45) is 0 Å². The monoisotopic (exact) mass is 301 g/mol. The number of thioether (sulfide) groups is 1. The zero-order valence-electron chi connectivity index (χ0n) is 11.8. The SMILES string of the molecule is CCc1ccc(N2C(=O)CS[C@H]2c2ccc(F)cc2)cc1. The van der Waals surface area contributed by atoms with Crippen molar-refractivity contribution >= 4 is 23.4 Å². The third kappa shape index (κ3) is 2.81.